The van der Waals surface area contributed by atoms with Gasteiger partial charge in [-0.15, -0.1) is 0 Å². The number of carbonyl (C=O) groups excluding carboxylic acids is 4. The van der Waals surface area contributed by atoms with Gasteiger partial charge in [0.05, 0.1) is 42.1 Å². The predicted octanol–water partition coefficient (Wildman–Crippen LogP) is -0.692. The van der Waals surface area contributed by atoms with Crippen molar-refractivity contribution in [3.63, 3.8) is 0 Å². The molecule has 2 fully saturated rings. The molecule has 0 aliphatic carbocycles. The van der Waals surface area contributed by atoms with Crippen LogP contribution in [0.15, 0.2) is 42.5 Å². The fraction of sp³-hybridized carbons (Fsp3) is 0.360. The van der Waals surface area contributed by atoms with Crippen molar-refractivity contribution in [3.05, 3.63) is 64.7 Å². The molecule has 9 nitrogen and oxygen atoms in total. The highest BCUT2D eigenvalue weighted by Crippen LogP contribution is 2.51. The van der Waals surface area contributed by atoms with Gasteiger partial charge in [0.2, 0.25) is 25.7 Å². The number of nitrogens with zero attached hydrogens (tertiary/aromatic N) is 3. The molecular weight excluding hydrogens is 492 g/mol. The summed E-state index contributed by atoms with van der Waals surface area (Å²) in [5, 5.41) is -2.30. The second-order valence-corrected chi connectivity index (χ2v) is 9.84. The Bertz CT molecular complexity index is 1360. The van der Waals surface area contributed by atoms with E-state index in [1.165, 1.54) is 0 Å². The van der Waals surface area contributed by atoms with E-state index in [2.05, 4.69) is 0 Å². The third kappa shape index (κ3) is 4.38. The van der Waals surface area contributed by atoms with Gasteiger partial charge in [-0.3, -0.25) is 19.2 Å². The average Bonchev–Trinajstić information content (AvgIpc) is 3.28. The molecule has 0 aromatic heterocycles. The fourth-order valence-corrected chi connectivity index (χ4v) is 4.97. The van der Waals surface area contributed by atoms with E-state index in [1.807, 2.05) is 24.3 Å². The first-order valence-corrected chi connectivity index (χ1v) is 12.2. The monoisotopic (exact) mass is 513 g/mol. The SMILES string of the molecule is [B]C1C(=O)N([B])C(=O)C([B])(N2Cc3c(OCc4ccc(CN5CCOCC5=O)cc4)cccc3C2=O)C1([B])[B]. The third-order valence-corrected chi connectivity index (χ3v) is 7.45. The summed E-state index contributed by atoms with van der Waals surface area (Å²) in [5.74, 6) is -4.09. The largest absolute Gasteiger partial charge is 0.489 e. The highest BCUT2D eigenvalue weighted by atomic mass is 16.5. The number of imide groups is 1. The minimum absolute atomic E-state index is 0.0429. The molecule has 14 heteroatoms. The lowest BCUT2D eigenvalue weighted by Crippen LogP contribution is -2.72. The molecular formula is C25H20B5N3O6. The van der Waals surface area contributed by atoms with E-state index in [0.717, 1.165) is 16.0 Å². The Balaban J connectivity index is 1.32. The molecule has 0 spiro atoms. The van der Waals surface area contributed by atoms with Crippen LogP contribution in [0.25, 0.3) is 0 Å². The average molecular weight is 513 g/mol. The van der Waals surface area contributed by atoms with Gasteiger partial charge in [-0.2, -0.15) is 0 Å². The van der Waals surface area contributed by atoms with Crippen molar-refractivity contribution >= 4 is 63.0 Å². The molecule has 186 valence electrons. The summed E-state index contributed by atoms with van der Waals surface area (Å²) < 4.78 is 11.2. The first-order chi connectivity index (χ1) is 18.5. The van der Waals surface area contributed by atoms with E-state index < -0.39 is 34.2 Å². The zero-order valence-electron chi connectivity index (χ0n) is 21.0. The standard InChI is InChI=1S/C25H20B5N3O6/c26-20-22(36)33(30)23(37)25(29,24(20,27)28)32-11-17-16(21(32)35)2-1-3-18(17)39-12-15-6-4-14(5-7-15)10-31-8-9-38-13-19(31)34/h1-7,20H,8-13H2. The first-order valence-electron chi connectivity index (χ1n) is 12.2. The number of fused-ring (bicyclic) bond motifs is 1. The molecule has 10 radical (unpaired) electrons. The molecule has 2 saturated heterocycles. The van der Waals surface area contributed by atoms with Crippen molar-refractivity contribution in [2.24, 2.45) is 0 Å². The minimum Gasteiger partial charge on any atom is -0.489 e. The van der Waals surface area contributed by atoms with Crippen LogP contribution in [0.5, 0.6) is 5.75 Å². The molecule has 2 aromatic carbocycles. The molecule has 0 N–H and O–H groups in total. The number of piperidine rings is 1. The molecule has 4 amide bonds. The van der Waals surface area contributed by atoms with E-state index in [4.69, 9.17) is 48.8 Å². The van der Waals surface area contributed by atoms with Gasteiger partial charge in [-0.1, -0.05) is 35.5 Å². The molecule has 5 rings (SSSR count). The van der Waals surface area contributed by atoms with Crippen LogP contribution in [0, 0.1) is 0 Å². The number of amides is 4. The highest BCUT2D eigenvalue weighted by molar-refractivity contribution is 6.58. The Morgan fingerprint density at radius 2 is 1.69 bits per heavy atom. The topological polar surface area (TPSA) is 96.5 Å². The van der Waals surface area contributed by atoms with Crippen LogP contribution in [0.2, 0.25) is 11.0 Å². The third-order valence-electron chi connectivity index (χ3n) is 7.45. The second-order valence-electron chi connectivity index (χ2n) is 9.84. The molecule has 2 unspecified atom stereocenters. The maximum atomic E-state index is 13.4. The zero-order chi connectivity index (χ0) is 28.1. The smallest absolute Gasteiger partial charge is 0.254 e. The van der Waals surface area contributed by atoms with E-state index >= 15 is 0 Å². The maximum absolute atomic E-state index is 13.4. The number of carbonyl (C=O) groups is 4. The van der Waals surface area contributed by atoms with Gasteiger partial charge >= 0.3 is 0 Å². The molecule has 39 heavy (non-hydrogen) atoms. The Hall–Kier alpha value is -3.40. The van der Waals surface area contributed by atoms with Crippen molar-refractivity contribution in [1.82, 2.24) is 14.6 Å². The minimum atomic E-state index is -2.40. The summed E-state index contributed by atoms with van der Waals surface area (Å²) in [6.45, 7) is 1.66. The van der Waals surface area contributed by atoms with Gasteiger partial charge in [0.15, 0.2) is 0 Å². The van der Waals surface area contributed by atoms with Gasteiger partial charge in [0, 0.05) is 24.2 Å². The summed E-state index contributed by atoms with van der Waals surface area (Å²) in [7, 11) is 30.1. The summed E-state index contributed by atoms with van der Waals surface area (Å²) >= 11 is 0. The first kappa shape index (κ1) is 27.2. The number of benzene rings is 2. The molecule has 2 atom stereocenters. The van der Waals surface area contributed by atoms with Crippen molar-refractivity contribution in [2.75, 3.05) is 19.8 Å². The molecule has 3 aliphatic heterocycles. The Kier molecular flexibility index (Phi) is 6.95. The summed E-state index contributed by atoms with van der Waals surface area (Å²) in [4.78, 5) is 53.6. The molecule has 2 aromatic rings. The van der Waals surface area contributed by atoms with E-state index in [1.54, 1.807) is 23.1 Å². The van der Waals surface area contributed by atoms with Crippen LogP contribution in [0.1, 0.15) is 27.0 Å². The van der Waals surface area contributed by atoms with Crippen LogP contribution in [0.4, 0.5) is 0 Å². The van der Waals surface area contributed by atoms with Crippen molar-refractivity contribution in [2.45, 2.75) is 36.2 Å². The number of ether oxygens (including phenoxy) is 2. The molecule has 0 saturated carbocycles. The summed E-state index contributed by atoms with van der Waals surface area (Å²) in [5.41, 5.74) is 0.127. The van der Waals surface area contributed by atoms with Crippen molar-refractivity contribution in [3.8, 4) is 5.75 Å². The van der Waals surface area contributed by atoms with Crippen LogP contribution in [-0.4, -0.2) is 103 Å². The lowest BCUT2D eigenvalue weighted by atomic mass is 9.30. The van der Waals surface area contributed by atoms with E-state index in [-0.39, 0.29) is 36.0 Å². The lowest BCUT2D eigenvalue weighted by Gasteiger charge is -2.58. The Morgan fingerprint density at radius 3 is 2.38 bits per heavy atom. The van der Waals surface area contributed by atoms with Crippen LogP contribution in [-0.2, 0) is 38.8 Å². The van der Waals surface area contributed by atoms with E-state index in [9.17, 15) is 19.2 Å². The van der Waals surface area contributed by atoms with Crippen LogP contribution in [0.3, 0.4) is 0 Å². The van der Waals surface area contributed by atoms with Crippen LogP contribution < -0.4 is 4.74 Å². The van der Waals surface area contributed by atoms with Gasteiger partial charge in [-0.05, 0) is 29.1 Å². The summed E-state index contributed by atoms with van der Waals surface area (Å²) in [6, 6.07) is 12.5. The summed E-state index contributed by atoms with van der Waals surface area (Å²) in [6.07, 6.45) is 0. The Morgan fingerprint density at radius 1 is 1.00 bits per heavy atom. The predicted molar refractivity (Wildman–Crippen MR) is 143 cm³/mol. The fourth-order valence-electron chi connectivity index (χ4n) is 4.97. The molecule has 0 bridgehead atoms. The van der Waals surface area contributed by atoms with Gasteiger partial charge in [0.1, 0.15) is 26.8 Å². The van der Waals surface area contributed by atoms with Crippen molar-refractivity contribution < 1.29 is 28.7 Å². The second kappa shape index (κ2) is 9.97. The number of morpholine rings is 1. The number of rotatable bonds is 6. The molecule has 3 heterocycles. The van der Waals surface area contributed by atoms with Gasteiger partial charge in [0.25, 0.3) is 5.91 Å². The quantitative estimate of drug-likeness (QED) is 0.376. The molecule has 3 aliphatic rings. The van der Waals surface area contributed by atoms with Gasteiger partial charge < -0.3 is 24.1 Å². The zero-order valence-corrected chi connectivity index (χ0v) is 21.0. The Labute approximate surface area is 232 Å². The number of hydrogen-bond acceptors (Lipinski definition) is 6. The number of hydrogen-bond donors (Lipinski definition) is 0. The normalized spacial score (nSPS) is 24.7. The van der Waals surface area contributed by atoms with Gasteiger partial charge in [-0.25, -0.2) is 0 Å². The maximum Gasteiger partial charge on any atom is 0.254 e. The van der Waals surface area contributed by atoms with Crippen molar-refractivity contribution in [1.29, 1.82) is 0 Å². The lowest BCUT2D eigenvalue weighted by molar-refractivity contribution is -0.148. The van der Waals surface area contributed by atoms with Crippen LogP contribution >= 0.6 is 0 Å². The highest BCUT2D eigenvalue weighted by Gasteiger charge is 2.61. The van der Waals surface area contributed by atoms with E-state index in [0.29, 0.717) is 31.0 Å².